The van der Waals surface area contributed by atoms with Crippen LogP contribution in [0.15, 0.2) is 60.8 Å². The Labute approximate surface area is 129 Å². The third kappa shape index (κ3) is 1.71. The van der Waals surface area contributed by atoms with Crippen LogP contribution >= 0.6 is 22.6 Å². The molecule has 0 unspecified atom stereocenters. The number of nitrogens with zero attached hydrogens (tertiary/aromatic N) is 3. The van der Waals surface area contributed by atoms with Crippen molar-refractivity contribution in [1.29, 1.82) is 0 Å². The fourth-order valence-corrected chi connectivity index (χ4v) is 3.07. The van der Waals surface area contributed by atoms with Crippen molar-refractivity contribution in [2.75, 3.05) is 0 Å². The molecule has 20 heavy (non-hydrogen) atoms. The summed E-state index contributed by atoms with van der Waals surface area (Å²) in [6.45, 7) is 0. The van der Waals surface area contributed by atoms with Gasteiger partial charge in [0.05, 0.1) is 0 Å². The monoisotopic (exact) mass is 371 g/mol. The molecular formula is C16H10IN3. The van der Waals surface area contributed by atoms with Crippen LogP contribution in [0.4, 0.5) is 0 Å². The van der Waals surface area contributed by atoms with Gasteiger partial charge >= 0.3 is 0 Å². The summed E-state index contributed by atoms with van der Waals surface area (Å²) in [5.74, 6) is 0.885. The summed E-state index contributed by atoms with van der Waals surface area (Å²) < 4.78 is 3.23. The van der Waals surface area contributed by atoms with Gasteiger partial charge in [0.15, 0.2) is 11.5 Å². The number of halogens is 1. The SMILES string of the molecule is Ic1ccccc1-c1nnc2c3ccccc3ccn12. The second-order valence-electron chi connectivity index (χ2n) is 4.60. The second-order valence-corrected chi connectivity index (χ2v) is 5.76. The zero-order valence-corrected chi connectivity index (χ0v) is 12.7. The third-order valence-electron chi connectivity index (χ3n) is 3.42. The smallest absolute Gasteiger partial charge is 0.169 e. The van der Waals surface area contributed by atoms with Gasteiger partial charge in [0.25, 0.3) is 0 Å². The van der Waals surface area contributed by atoms with Gasteiger partial charge in [0.2, 0.25) is 0 Å². The molecule has 0 bridgehead atoms. The molecule has 0 saturated heterocycles. The highest BCUT2D eigenvalue weighted by molar-refractivity contribution is 14.1. The lowest BCUT2D eigenvalue weighted by Crippen LogP contribution is -1.91. The summed E-state index contributed by atoms with van der Waals surface area (Å²) in [6, 6.07) is 18.6. The van der Waals surface area contributed by atoms with Gasteiger partial charge in [-0.25, -0.2) is 0 Å². The first-order chi connectivity index (χ1) is 9.84. The number of fused-ring (bicyclic) bond motifs is 3. The maximum Gasteiger partial charge on any atom is 0.169 e. The Kier molecular flexibility index (Phi) is 2.70. The molecule has 2 heterocycles. The van der Waals surface area contributed by atoms with Crippen molar-refractivity contribution in [3.8, 4) is 11.4 Å². The molecular weight excluding hydrogens is 361 g/mol. The van der Waals surface area contributed by atoms with Crippen molar-refractivity contribution in [2.24, 2.45) is 0 Å². The Morgan fingerprint density at radius 1 is 0.850 bits per heavy atom. The summed E-state index contributed by atoms with van der Waals surface area (Å²) in [7, 11) is 0. The van der Waals surface area contributed by atoms with Crippen LogP contribution in [0, 0.1) is 3.57 Å². The summed E-state index contributed by atoms with van der Waals surface area (Å²) in [5.41, 5.74) is 2.01. The van der Waals surface area contributed by atoms with Crippen LogP contribution in [0.3, 0.4) is 0 Å². The fourth-order valence-electron chi connectivity index (χ4n) is 2.44. The lowest BCUT2D eigenvalue weighted by molar-refractivity contribution is 1.11. The molecule has 4 rings (SSSR count). The molecule has 4 heteroatoms. The molecule has 0 fully saturated rings. The Morgan fingerprint density at radius 2 is 1.65 bits per heavy atom. The van der Waals surface area contributed by atoms with E-state index in [1.807, 2.05) is 30.5 Å². The van der Waals surface area contributed by atoms with Crippen molar-refractivity contribution in [1.82, 2.24) is 14.6 Å². The predicted octanol–water partition coefficient (Wildman–Crippen LogP) is 4.15. The van der Waals surface area contributed by atoms with E-state index in [4.69, 9.17) is 0 Å². The standard InChI is InChI=1S/C16H10IN3/c17-14-8-4-3-7-13(14)16-19-18-15-12-6-2-1-5-11(12)9-10-20(15)16/h1-10H. The van der Waals surface area contributed by atoms with Crippen LogP contribution in [0.5, 0.6) is 0 Å². The molecule has 0 aliphatic carbocycles. The molecule has 0 atom stereocenters. The number of benzene rings is 2. The summed E-state index contributed by atoms with van der Waals surface area (Å²) in [5, 5.41) is 11.1. The molecule has 2 aromatic carbocycles. The molecule has 4 aromatic rings. The van der Waals surface area contributed by atoms with E-state index in [9.17, 15) is 0 Å². The van der Waals surface area contributed by atoms with Gasteiger partial charge in [-0.3, -0.25) is 4.40 Å². The second kappa shape index (κ2) is 4.56. The molecule has 0 amide bonds. The van der Waals surface area contributed by atoms with Crippen molar-refractivity contribution in [3.63, 3.8) is 0 Å². The molecule has 0 aliphatic heterocycles. The van der Waals surface area contributed by atoms with Crippen LogP contribution in [0.25, 0.3) is 27.8 Å². The van der Waals surface area contributed by atoms with Gasteiger partial charge in [0, 0.05) is 20.7 Å². The van der Waals surface area contributed by atoms with Crippen LogP contribution in [0.1, 0.15) is 0 Å². The Morgan fingerprint density at radius 3 is 2.55 bits per heavy atom. The maximum absolute atomic E-state index is 4.38. The predicted molar refractivity (Wildman–Crippen MR) is 88.6 cm³/mol. The van der Waals surface area contributed by atoms with Gasteiger partial charge in [-0.15, -0.1) is 10.2 Å². The van der Waals surface area contributed by atoms with Gasteiger partial charge in [0.1, 0.15) is 0 Å². The maximum atomic E-state index is 4.38. The van der Waals surface area contributed by atoms with Gasteiger partial charge < -0.3 is 0 Å². The zero-order valence-electron chi connectivity index (χ0n) is 10.5. The van der Waals surface area contributed by atoms with Crippen molar-refractivity contribution < 1.29 is 0 Å². The first kappa shape index (κ1) is 11.8. The van der Waals surface area contributed by atoms with E-state index in [0.29, 0.717) is 0 Å². The van der Waals surface area contributed by atoms with E-state index in [-0.39, 0.29) is 0 Å². The van der Waals surface area contributed by atoms with E-state index in [0.717, 1.165) is 22.4 Å². The van der Waals surface area contributed by atoms with E-state index >= 15 is 0 Å². The summed E-state index contributed by atoms with van der Waals surface area (Å²) in [4.78, 5) is 0. The van der Waals surface area contributed by atoms with Gasteiger partial charge in [-0.05, 0) is 40.1 Å². The lowest BCUT2D eigenvalue weighted by Gasteiger charge is -2.04. The van der Waals surface area contributed by atoms with Gasteiger partial charge in [-0.2, -0.15) is 0 Å². The number of rotatable bonds is 1. The van der Waals surface area contributed by atoms with Crippen LogP contribution < -0.4 is 0 Å². The minimum atomic E-state index is 0.885. The fraction of sp³-hybridized carbons (Fsp3) is 0. The van der Waals surface area contributed by atoms with Gasteiger partial charge in [-0.1, -0.05) is 42.5 Å². The van der Waals surface area contributed by atoms with Crippen LogP contribution in [-0.4, -0.2) is 14.6 Å². The van der Waals surface area contributed by atoms with Crippen molar-refractivity contribution in [3.05, 3.63) is 64.4 Å². The van der Waals surface area contributed by atoms with E-state index in [1.165, 1.54) is 8.96 Å². The topological polar surface area (TPSA) is 30.2 Å². The highest BCUT2D eigenvalue weighted by atomic mass is 127. The molecule has 0 spiro atoms. The average molecular weight is 371 g/mol. The first-order valence-electron chi connectivity index (χ1n) is 6.32. The minimum absolute atomic E-state index is 0.885. The quantitative estimate of drug-likeness (QED) is 0.471. The molecule has 0 radical (unpaired) electrons. The molecule has 96 valence electrons. The number of aromatic nitrogens is 3. The summed E-state index contributed by atoms with van der Waals surface area (Å²) in [6.07, 6.45) is 2.04. The number of pyridine rings is 1. The molecule has 0 aliphatic rings. The van der Waals surface area contributed by atoms with Crippen LogP contribution in [-0.2, 0) is 0 Å². The van der Waals surface area contributed by atoms with Crippen molar-refractivity contribution >= 4 is 39.0 Å². The lowest BCUT2D eigenvalue weighted by atomic mass is 10.1. The normalized spacial score (nSPS) is 11.2. The van der Waals surface area contributed by atoms with E-state index in [1.54, 1.807) is 0 Å². The Hall–Kier alpha value is -1.95. The van der Waals surface area contributed by atoms with E-state index in [2.05, 4.69) is 67.5 Å². The molecule has 3 nitrogen and oxygen atoms in total. The zero-order chi connectivity index (χ0) is 13.5. The number of hydrogen-bond acceptors (Lipinski definition) is 2. The molecule has 0 N–H and O–H groups in total. The largest absolute Gasteiger partial charge is 0.282 e. The average Bonchev–Trinajstić information content (AvgIpc) is 2.92. The van der Waals surface area contributed by atoms with Crippen LogP contribution in [0.2, 0.25) is 0 Å². The Bertz CT molecular complexity index is 927. The van der Waals surface area contributed by atoms with Crippen molar-refractivity contribution in [2.45, 2.75) is 0 Å². The molecule has 2 aromatic heterocycles. The Balaban J connectivity index is 2.08. The summed E-state index contributed by atoms with van der Waals surface area (Å²) >= 11 is 2.33. The third-order valence-corrected chi connectivity index (χ3v) is 4.36. The first-order valence-corrected chi connectivity index (χ1v) is 7.40. The van der Waals surface area contributed by atoms with E-state index < -0.39 is 0 Å². The minimum Gasteiger partial charge on any atom is -0.282 e. The molecule has 0 saturated carbocycles. The highest BCUT2D eigenvalue weighted by Crippen LogP contribution is 2.26. The number of hydrogen-bond donors (Lipinski definition) is 0. The highest BCUT2D eigenvalue weighted by Gasteiger charge is 2.12.